The molecule has 0 N–H and O–H groups in total. The summed E-state index contributed by atoms with van der Waals surface area (Å²) < 4.78 is 22.4. The van der Waals surface area contributed by atoms with Gasteiger partial charge in [-0.05, 0) is 12.5 Å². The highest BCUT2D eigenvalue weighted by Crippen LogP contribution is 2.24. The molecule has 4 nitrogen and oxygen atoms in total. The Labute approximate surface area is 99.5 Å². The molecule has 5 heteroatoms. The third kappa shape index (κ3) is 3.53. The van der Waals surface area contributed by atoms with Gasteiger partial charge in [0.1, 0.15) is 11.8 Å². The Balaban J connectivity index is 2.54. The standard InChI is InChI=1S/C11H24O4Si/c1-5-7-16(12-3,13-4)11(6-2)15-9-10-8-14-10/h10-11H,5-9H2,1-4H3. The summed E-state index contributed by atoms with van der Waals surface area (Å²) in [6.07, 6.45) is 2.30. The molecule has 2 atom stereocenters. The average Bonchev–Trinajstić information content (AvgIpc) is 3.12. The molecule has 2 unspecified atom stereocenters. The summed E-state index contributed by atoms with van der Waals surface area (Å²) in [5, 5.41) is 0. The highest BCUT2D eigenvalue weighted by atomic mass is 28.4. The summed E-state index contributed by atoms with van der Waals surface area (Å²) in [4.78, 5) is 0. The van der Waals surface area contributed by atoms with Crippen molar-refractivity contribution in [1.82, 2.24) is 0 Å². The number of hydrogen-bond acceptors (Lipinski definition) is 4. The van der Waals surface area contributed by atoms with E-state index in [9.17, 15) is 0 Å². The van der Waals surface area contributed by atoms with Crippen LogP contribution < -0.4 is 0 Å². The summed E-state index contributed by atoms with van der Waals surface area (Å²) in [7, 11) is 1.29. The minimum absolute atomic E-state index is 0.103. The van der Waals surface area contributed by atoms with E-state index in [0.717, 1.165) is 25.5 Å². The lowest BCUT2D eigenvalue weighted by atomic mass is 10.5. The van der Waals surface area contributed by atoms with E-state index in [0.29, 0.717) is 12.7 Å². The highest BCUT2D eigenvalue weighted by molar-refractivity contribution is 6.68. The van der Waals surface area contributed by atoms with E-state index in [-0.39, 0.29) is 5.73 Å². The number of hydrogen-bond donors (Lipinski definition) is 0. The predicted molar refractivity (Wildman–Crippen MR) is 64.6 cm³/mol. The normalized spacial score (nSPS) is 22.1. The van der Waals surface area contributed by atoms with Crippen LogP contribution in [0.15, 0.2) is 0 Å². The second-order valence-corrected chi connectivity index (χ2v) is 7.74. The van der Waals surface area contributed by atoms with Crippen LogP contribution in [0, 0.1) is 0 Å². The molecule has 0 spiro atoms. The van der Waals surface area contributed by atoms with Crippen molar-refractivity contribution in [2.45, 2.75) is 44.6 Å². The van der Waals surface area contributed by atoms with Gasteiger partial charge in [0.2, 0.25) is 0 Å². The summed E-state index contributed by atoms with van der Waals surface area (Å²) in [6.45, 7) is 5.77. The van der Waals surface area contributed by atoms with Gasteiger partial charge >= 0.3 is 8.56 Å². The smallest absolute Gasteiger partial charge is 0.367 e. The molecule has 1 rings (SSSR count). The highest BCUT2D eigenvalue weighted by Gasteiger charge is 2.44. The van der Waals surface area contributed by atoms with Crippen LogP contribution in [0.5, 0.6) is 0 Å². The predicted octanol–water partition coefficient (Wildman–Crippen LogP) is 1.86. The summed E-state index contributed by atoms with van der Waals surface area (Å²) in [6, 6.07) is 0.976. The molecule has 0 bridgehead atoms. The quantitative estimate of drug-likeness (QED) is 0.461. The Morgan fingerprint density at radius 3 is 2.31 bits per heavy atom. The average molecular weight is 248 g/mol. The third-order valence-corrected chi connectivity index (χ3v) is 7.17. The van der Waals surface area contributed by atoms with E-state index < -0.39 is 8.56 Å². The summed E-state index contributed by atoms with van der Waals surface area (Å²) in [5.41, 5.74) is 0.103. The first kappa shape index (κ1) is 14.1. The van der Waals surface area contributed by atoms with Gasteiger partial charge < -0.3 is 18.3 Å². The number of ether oxygens (including phenoxy) is 2. The Morgan fingerprint density at radius 1 is 1.31 bits per heavy atom. The van der Waals surface area contributed by atoms with Crippen LogP contribution in [-0.4, -0.2) is 47.8 Å². The molecule has 16 heavy (non-hydrogen) atoms. The molecule has 0 amide bonds. The van der Waals surface area contributed by atoms with Crippen LogP contribution in [0.4, 0.5) is 0 Å². The maximum atomic E-state index is 5.90. The van der Waals surface area contributed by atoms with Crippen molar-refractivity contribution in [3.63, 3.8) is 0 Å². The van der Waals surface area contributed by atoms with E-state index in [1.165, 1.54) is 0 Å². The fourth-order valence-corrected chi connectivity index (χ4v) is 5.10. The van der Waals surface area contributed by atoms with Crippen molar-refractivity contribution in [3.8, 4) is 0 Å². The molecular formula is C11H24O4Si. The molecule has 1 heterocycles. The SMILES string of the molecule is CCC[Si](OC)(OC)C(CC)OCC1CO1. The monoisotopic (exact) mass is 248 g/mol. The van der Waals surface area contributed by atoms with Crippen molar-refractivity contribution in [2.75, 3.05) is 27.4 Å². The van der Waals surface area contributed by atoms with E-state index in [1.807, 2.05) is 0 Å². The molecule has 0 saturated carbocycles. The summed E-state index contributed by atoms with van der Waals surface area (Å²) >= 11 is 0. The zero-order chi connectivity index (χ0) is 12.0. The minimum atomic E-state index is -2.19. The van der Waals surface area contributed by atoms with Crippen molar-refractivity contribution in [1.29, 1.82) is 0 Å². The molecule has 1 fully saturated rings. The van der Waals surface area contributed by atoms with Crippen LogP contribution in [0.1, 0.15) is 26.7 Å². The molecule has 0 aromatic carbocycles. The third-order valence-electron chi connectivity index (χ3n) is 3.04. The van der Waals surface area contributed by atoms with Gasteiger partial charge in [0.05, 0.1) is 13.2 Å². The fraction of sp³-hybridized carbons (Fsp3) is 1.00. The topological polar surface area (TPSA) is 40.2 Å². The van der Waals surface area contributed by atoms with Crippen LogP contribution in [-0.2, 0) is 18.3 Å². The lowest BCUT2D eigenvalue weighted by Gasteiger charge is -2.34. The van der Waals surface area contributed by atoms with Crippen LogP contribution in [0.25, 0.3) is 0 Å². The number of rotatable bonds is 9. The van der Waals surface area contributed by atoms with E-state index in [1.54, 1.807) is 14.2 Å². The number of epoxide rings is 1. The second-order valence-electron chi connectivity index (χ2n) is 4.16. The molecule has 0 aliphatic carbocycles. The molecule has 1 aliphatic heterocycles. The van der Waals surface area contributed by atoms with E-state index in [2.05, 4.69) is 13.8 Å². The Kier molecular flexibility index (Phi) is 5.92. The molecule has 0 aromatic rings. The van der Waals surface area contributed by atoms with Crippen LogP contribution in [0.3, 0.4) is 0 Å². The fourth-order valence-electron chi connectivity index (χ4n) is 2.00. The lowest BCUT2D eigenvalue weighted by Crippen LogP contribution is -2.53. The van der Waals surface area contributed by atoms with Gasteiger partial charge in [0.25, 0.3) is 0 Å². The molecule has 1 aliphatic rings. The molecule has 96 valence electrons. The van der Waals surface area contributed by atoms with Gasteiger partial charge in [-0.2, -0.15) is 0 Å². The van der Waals surface area contributed by atoms with Gasteiger partial charge in [-0.3, -0.25) is 0 Å². The first-order chi connectivity index (χ1) is 7.72. The van der Waals surface area contributed by atoms with Gasteiger partial charge in [-0.1, -0.05) is 20.3 Å². The van der Waals surface area contributed by atoms with E-state index in [4.69, 9.17) is 18.3 Å². The van der Waals surface area contributed by atoms with Crippen molar-refractivity contribution in [3.05, 3.63) is 0 Å². The largest absolute Gasteiger partial charge is 0.396 e. The lowest BCUT2D eigenvalue weighted by molar-refractivity contribution is 0.0461. The van der Waals surface area contributed by atoms with Gasteiger partial charge in [-0.15, -0.1) is 0 Å². The maximum Gasteiger partial charge on any atom is 0.367 e. The van der Waals surface area contributed by atoms with Crippen molar-refractivity contribution in [2.24, 2.45) is 0 Å². The Morgan fingerprint density at radius 2 is 1.94 bits per heavy atom. The molecule has 0 aromatic heterocycles. The molecule has 1 saturated heterocycles. The van der Waals surface area contributed by atoms with Crippen molar-refractivity contribution >= 4 is 8.56 Å². The Bertz CT molecular complexity index is 192. The van der Waals surface area contributed by atoms with Gasteiger partial charge in [0, 0.05) is 14.2 Å². The minimum Gasteiger partial charge on any atom is -0.396 e. The first-order valence-electron chi connectivity index (χ1n) is 6.05. The van der Waals surface area contributed by atoms with Crippen LogP contribution >= 0.6 is 0 Å². The maximum absolute atomic E-state index is 5.90. The van der Waals surface area contributed by atoms with Crippen molar-refractivity contribution < 1.29 is 18.3 Å². The zero-order valence-corrected chi connectivity index (χ0v) is 11.8. The van der Waals surface area contributed by atoms with Gasteiger partial charge in [-0.25, -0.2) is 0 Å². The first-order valence-corrected chi connectivity index (χ1v) is 8.16. The molecule has 0 radical (unpaired) electrons. The van der Waals surface area contributed by atoms with E-state index >= 15 is 0 Å². The summed E-state index contributed by atoms with van der Waals surface area (Å²) in [5.74, 6) is 0. The van der Waals surface area contributed by atoms with Crippen LogP contribution in [0.2, 0.25) is 6.04 Å². The molecular weight excluding hydrogens is 224 g/mol. The second kappa shape index (κ2) is 6.71. The Hall–Kier alpha value is 0.0569. The zero-order valence-electron chi connectivity index (χ0n) is 10.8. The van der Waals surface area contributed by atoms with Gasteiger partial charge in [0.15, 0.2) is 0 Å².